The number of ether oxygens (including phenoxy) is 2. The van der Waals surface area contributed by atoms with Crippen molar-refractivity contribution in [2.75, 3.05) is 20.3 Å². The van der Waals surface area contributed by atoms with E-state index in [1.165, 1.54) is 12.0 Å². The van der Waals surface area contributed by atoms with Crippen molar-refractivity contribution in [2.45, 2.75) is 38.5 Å². The van der Waals surface area contributed by atoms with Crippen molar-refractivity contribution in [1.29, 1.82) is 0 Å². The van der Waals surface area contributed by atoms with Crippen LogP contribution < -0.4 is 10.1 Å². The summed E-state index contributed by atoms with van der Waals surface area (Å²) in [5, 5.41) is 3.26. The minimum absolute atomic E-state index is 0.0427. The molecule has 5 rings (SSSR count). The molecule has 37 heavy (non-hydrogen) atoms. The highest BCUT2D eigenvalue weighted by Crippen LogP contribution is 2.42. The largest absolute Gasteiger partial charge is 0.494 e. The molecule has 0 radical (unpaired) electrons. The van der Waals surface area contributed by atoms with Gasteiger partial charge in [-0.05, 0) is 56.0 Å². The van der Waals surface area contributed by atoms with Crippen LogP contribution in [0.1, 0.15) is 64.8 Å². The Bertz CT molecular complexity index is 1320. The Hall–Kier alpha value is -4.20. The normalized spacial score (nSPS) is 19.0. The predicted octanol–water partition coefficient (Wildman–Crippen LogP) is 3.89. The number of nitrogens with one attached hydrogen (secondary N) is 1. The molecule has 2 aromatic carbocycles. The molecule has 2 amide bonds. The van der Waals surface area contributed by atoms with Crippen LogP contribution in [0.3, 0.4) is 0 Å². The van der Waals surface area contributed by atoms with Gasteiger partial charge in [-0.1, -0.05) is 24.3 Å². The standard InChI is InChI=1S/C29H28N2O6/c1-17-24(29(35)36-2)25(26-22(30-17)9-5-10-23(26)32)18-11-13-19(14-12-18)37-16-6-15-31-27(33)20-7-3-4-8-21(20)28(31)34/h3-4,7-8,11-14,25,30H,5-6,9-10,15-16H2,1-2H3/t25-/m1/s1. The summed E-state index contributed by atoms with van der Waals surface area (Å²) < 4.78 is 10.9. The molecule has 0 bridgehead atoms. The lowest BCUT2D eigenvalue weighted by atomic mass is 9.75. The first-order valence-corrected chi connectivity index (χ1v) is 12.4. The van der Waals surface area contributed by atoms with Gasteiger partial charge in [0.2, 0.25) is 0 Å². The highest BCUT2D eigenvalue weighted by molar-refractivity contribution is 6.21. The Balaban J connectivity index is 1.26. The third-order valence-electron chi connectivity index (χ3n) is 7.07. The van der Waals surface area contributed by atoms with E-state index in [1.807, 2.05) is 19.1 Å². The first kappa shape index (κ1) is 24.5. The Morgan fingerprint density at radius 1 is 1.00 bits per heavy atom. The molecule has 3 aliphatic rings. The number of benzene rings is 2. The number of ketones is 1. The highest BCUT2D eigenvalue weighted by atomic mass is 16.5. The first-order chi connectivity index (χ1) is 17.9. The monoisotopic (exact) mass is 500 g/mol. The third kappa shape index (κ3) is 4.43. The summed E-state index contributed by atoms with van der Waals surface area (Å²) in [6, 6.07) is 14.1. The molecule has 0 saturated heterocycles. The van der Waals surface area contributed by atoms with Crippen LogP contribution in [0.2, 0.25) is 0 Å². The lowest BCUT2D eigenvalue weighted by molar-refractivity contribution is -0.136. The van der Waals surface area contributed by atoms with Gasteiger partial charge >= 0.3 is 5.97 Å². The smallest absolute Gasteiger partial charge is 0.336 e. The molecule has 1 N–H and O–H groups in total. The zero-order valence-electron chi connectivity index (χ0n) is 20.8. The Morgan fingerprint density at radius 3 is 2.32 bits per heavy atom. The molecule has 0 saturated carbocycles. The lowest BCUT2D eigenvalue weighted by Gasteiger charge is -2.34. The molecule has 8 nitrogen and oxygen atoms in total. The fourth-order valence-corrected chi connectivity index (χ4v) is 5.31. The fraction of sp³-hybridized carbons (Fsp3) is 0.310. The maximum atomic E-state index is 12.9. The number of carbonyl (C=O) groups is 4. The minimum atomic E-state index is -0.501. The van der Waals surface area contributed by atoms with Crippen LogP contribution in [0.4, 0.5) is 0 Å². The van der Waals surface area contributed by atoms with Crippen molar-refractivity contribution in [3.63, 3.8) is 0 Å². The van der Waals surface area contributed by atoms with Crippen LogP contribution in [0.15, 0.2) is 71.1 Å². The summed E-state index contributed by atoms with van der Waals surface area (Å²) >= 11 is 0. The molecule has 0 spiro atoms. The second-order valence-electron chi connectivity index (χ2n) is 9.34. The lowest BCUT2D eigenvalue weighted by Crippen LogP contribution is -2.34. The molecule has 2 aromatic rings. The van der Waals surface area contributed by atoms with Gasteiger partial charge in [0.25, 0.3) is 11.8 Å². The van der Waals surface area contributed by atoms with Crippen molar-refractivity contribution in [3.8, 4) is 5.75 Å². The van der Waals surface area contributed by atoms with E-state index < -0.39 is 11.9 Å². The van der Waals surface area contributed by atoms with E-state index in [4.69, 9.17) is 9.47 Å². The second kappa shape index (κ2) is 10.0. The van der Waals surface area contributed by atoms with E-state index in [0.29, 0.717) is 53.2 Å². The predicted molar refractivity (Wildman–Crippen MR) is 135 cm³/mol. The fourth-order valence-electron chi connectivity index (χ4n) is 5.31. The quantitative estimate of drug-likeness (QED) is 0.350. The third-order valence-corrected chi connectivity index (χ3v) is 7.07. The molecule has 1 aliphatic carbocycles. The van der Waals surface area contributed by atoms with Crippen molar-refractivity contribution in [1.82, 2.24) is 10.2 Å². The molecule has 1 atom stereocenters. The van der Waals surface area contributed by atoms with Crippen LogP contribution in [0.25, 0.3) is 0 Å². The van der Waals surface area contributed by atoms with E-state index >= 15 is 0 Å². The number of hydrogen-bond acceptors (Lipinski definition) is 7. The summed E-state index contributed by atoms with van der Waals surface area (Å²) in [4.78, 5) is 51.8. The van der Waals surface area contributed by atoms with Crippen LogP contribution in [-0.4, -0.2) is 48.7 Å². The summed E-state index contributed by atoms with van der Waals surface area (Å²) in [7, 11) is 1.34. The number of methoxy groups -OCH3 is 1. The number of fused-ring (bicyclic) bond motifs is 1. The molecule has 8 heteroatoms. The summed E-state index contributed by atoms with van der Waals surface area (Å²) in [6.07, 6.45) is 2.49. The van der Waals surface area contributed by atoms with Gasteiger partial charge in [-0.3, -0.25) is 19.3 Å². The zero-order chi connectivity index (χ0) is 26.1. The number of esters is 1. The van der Waals surface area contributed by atoms with Gasteiger partial charge in [0.15, 0.2) is 5.78 Å². The van der Waals surface area contributed by atoms with Gasteiger partial charge in [0.1, 0.15) is 5.75 Å². The second-order valence-corrected chi connectivity index (χ2v) is 9.34. The molecule has 2 aliphatic heterocycles. The van der Waals surface area contributed by atoms with Crippen LogP contribution in [0, 0.1) is 0 Å². The Labute approximate surface area is 214 Å². The SMILES string of the molecule is COC(=O)C1=C(C)NC2=C(C(=O)CCC2)[C@@H]1c1ccc(OCCCN2C(=O)c3ccccc3C2=O)cc1. The topological polar surface area (TPSA) is 102 Å². The van der Waals surface area contributed by atoms with Gasteiger partial charge in [-0.2, -0.15) is 0 Å². The number of rotatable bonds is 7. The van der Waals surface area contributed by atoms with Crippen molar-refractivity contribution < 1.29 is 28.7 Å². The number of dihydropyridines is 1. The van der Waals surface area contributed by atoms with Gasteiger partial charge in [0, 0.05) is 35.9 Å². The number of Topliss-reactive ketones (excluding diaryl/α,β-unsaturated/α-hetero) is 1. The van der Waals surface area contributed by atoms with Crippen LogP contribution >= 0.6 is 0 Å². The number of nitrogens with zero attached hydrogens (tertiary/aromatic N) is 1. The van der Waals surface area contributed by atoms with E-state index in [1.54, 1.807) is 36.4 Å². The average molecular weight is 501 g/mol. The number of hydrogen-bond donors (Lipinski definition) is 1. The van der Waals surface area contributed by atoms with E-state index in [-0.39, 0.29) is 24.1 Å². The molecule has 0 fully saturated rings. The summed E-state index contributed by atoms with van der Waals surface area (Å²) in [5.41, 5.74) is 4.32. The Kier molecular flexibility index (Phi) is 6.65. The Morgan fingerprint density at radius 2 is 1.68 bits per heavy atom. The molecule has 0 unspecified atom stereocenters. The van der Waals surface area contributed by atoms with E-state index in [2.05, 4.69) is 5.32 Å². The first-order valence-electron chi connectivity index (χ1n) is 12.4. The number of allylic oxidation sites excluding steroid dienone is 3. The number of imide groups is 1. The van der Waals surface area contributed by atoms with Crippen molar-refractivity contribution >= 4 is 23.6 Å². The van der Waals surface area contributed by atoms with Crippen molar-refractivity contribution in [3.05, 3.63) is 87.8 Å². The van der Waals surface area contributed by atoms with Gasteiger partial charge < -0.3 is 14.8 Å². The molecule has 2 heterocycles. The van der Waals surface area contributed by atoms with Crippen LogP contribution in [-0.2, 0) is 14.3 Å². The summed E-state index contributed by atoms with van der Waals surface area (Å²) in [5.74, 6) is -0.858. The summed E-state index contributed by atoms with van der Waals surface area (Å²) in [6.45, 7) is 2.42. The zero-order valence-corrected chi connectivity index (χ0v) is 20.8. The highest BCUT2D eigenvalue weighted by Gasteiger charge is 2.39. The molecular weight excluding hydrogens is 472 g/mol. The van der Waals surface area contributed by atoms with Gasteiger partial charge in [0.05, 0.1) is 30.4 Å². The number of amides is 2. The minimum Gasteiger partial charge on any atom is -0.494 e. The molecule has 190 valence electrons. The van der Waals surface area contributed by atoms with Gasteiger partial charge in [-0.15, -0.1) is 0 Å². The number of carbonyl (C=O) groups excluding carboxylic acids is 4. The average Bonchev–Trinajstić information content (AvgIpc) is 3.15. The van der Waals surface area contributed by atoms with E-state index in [9.17, 15) is 19.2 Å². The van der Waals surface area contributed by atoms with Gasteiger partial charge in [-0.25, -0.2) is 4.79 Å². The maximum absolute atomic E-state index is 12.9. The maximum Gasteiger partial charge on any atom is 0.336 e. The van der Waals surface area contributed by atoms with Crippen molar-refractivity contribution in [2.24, 2.45) is 0 Å². The van der Waals surface area contributed by atoms with Crippen LogP contribution in [0.5, 0.6) is 5.75 Å². The molecule has 0 aromatic heterocycles. The van der Waals surface area contributed by atoms with E-state index in [0.717, 1.165) is 24.1 Å². The molecular formula is C29H28N2O6.